The number of aliphatic hydroxyl groups is 1. The Balaban J connectivity index is 2.74. The second-order valence-electron chi connectivity index (χ2n) is 7.77. The summed E-state index contributed by atoms with van der Waals surface area (Å²) in [7, 11) is -1.76. The lowest BCUT2D eigenvalue weighted by Gasteiger charge is -2.42. The lowest BCUT2D eigenvalue weighted by atomic mass is 9.91. The van der Waals surface area contributed by atoms with Gasteiger partial charge in [0.05, 0.1) is 18.8 Å². The fourth-order valence-corrected chi connectivity index (χ4v) is 3.84. The first-order chi connectivity index (χ1) is 8.51. The first-order valence-corrected chi connectivity index (χ1v) is 10.4. The van der Waals surface area contributed by atoms with Crippen LogP contribution in [0.5, 0.6) is 0 Å². The van der Waals surface area contributed by atoms with E-state index in [9.17, 15) is 0 Å². The van der Waals surface area contributed by atoms with Crippen LogP contribution in [0.3, 0.4) is 0 Å². The molecule has 19 heavy (non-hydrogen) atoms. The molecule has 4 atom stereocenters. The third-order valence-corrected chi connectivity index (χ3v) is 9.21. The van der Waals surface area contributed by atoms with Gasteiger partial charge in [0.15, 0.2) is 8.32 Å². The Kier molecular flexibility index (Phi) is 5.27. The van der Waals surface area contributed by atoms with Crippen molar-refractivity contribution in [1.29, 1.82) is 0 Å². The summed E-state index contributed by atoms with van der Waals surface area (Å²) in [6.45, 7) is 18.1. The van der Waals surface area contributed by atoms with Gasteiger partial charge in [-0.3, -0.25) is 0 Å². The van der Waals surface area contributed by atoms with Crippen LogP contribution in [0, 0.1) is 11.8 Å². The van der Waals surface area contributed by atoms with E-state index >= 15 is 0 Å². The van der Waals surface area contributed by atoms with Crippen LogP contribution in [-0.4, -0.2) is 38.3 Å². The van der Waals surface area contributed by atoms with Crippen molar-refractivity contribution < 1.29 is 14.3 Å². The van der Waals surface area contributed by atoms with Crippen molar-refractivity contribution in [3.05, 3.63) is 0 Å². The molecule has 0 radical (unpaired) electrons. The molecule has 0 spiro atoms. The molecule has 4 heteroatoms. The second-order valence-corrected chi connectivity index (χ2v) is 12.5. The van der Waals surface area contributed by atoms with E-state index in [2.05, 4.69) is 54.6 Å². The molecule has 1 N–H and O–H groups in total. The van der Waals surface area contributed by atoms with Crippen LogP contribution < -0.4 is 0 Å². The van der Waals surface area contributed by atoms with E-state index in [1.54, 1.807) is 0 Å². The Bertz CT molecular complexity index is 296. The molecule has 1 heterocycles. The van der Waals surface area contributed by atoms with E-state index in [1.807, 2.05) is 0 Å². The van der Waals surface area contributed by atoms with Gasteiger partial charge in [0.25, 0.3) is 0 Å². The van der Waals surface area contributed by atoms with Gasteiger partial charge in [0.1, 0.15) is 6.10 Å². The number of aliphatic hydroxyl groups excluding tert-OH is 1. The Labute approximate surface area is 119 Å². The highest BCUT2D eigenvalue weighted by atomic mass is 28.4. The molecular formula is C15H32O3Si. The highest BCUT2D eigenvalue weighted by Gasteiger charge is 2.48. The van der Waals surface area contributed by atoms with Gasteiger partial charge in [-0.2, -0.15) is 0 Å². The van der Waals surface area contributed by atoms with E-state index in [1.165, 1.54) is 0 Å². The molecule has 1 aliphatic rings. The van der Waals surface area contributed by atoms with Crippen molar-refractivity contribution in [2.24, 2.45) is 11.8 Å². The van der Waals surface area contributed by atoms with E-state index in [0.717, 1.165) is 0 Å². The van der Waals surface area contributed by atoms with Crippen molar-refractivity contribution >= 4 is 8.32 Å². The standard InChI is InChI=1S/C15H32O3Si/c1-10(2)13(11(3)14-12(9-16)17-14)18-19(7,8)15(4,5)6/h10-14,16H,9H2,1-8H3/t11-,12-,13+,14-/m0/s1. The number of epoxide rings is 1. The first-order valence-electron chi connectivity index (χ1n) is 7.45. The van der Waals surface area contributed by atoms with Gasteiger partial charge >= 0.3 is 0 Å². The van der Waals surface area contributed by atoms with Crippen molar-refractivity contribution in [3.63, 3.8) is 0 Å². The summed E-state index contributed by atoms with van der Waals surface area (Å²) >= 11 is 0. The summed E-state index contributed by atoms with van der Waals surface area (Å²) in [6, 6.07) is 0. The molecule has 0 aliphatic carbocycles. The van der Waals surface area contributed by atoms with Gasteiger partial charge in [-0.15, -0.1) is 0 Å². The minimum absolute atomic E-state index is 0.0271. The van der Waals surface area contributed by atoms with Gasteiger partial charge < -0.3 is 14.3 Å². The third-order valence-electron chi connectivity index (χ3n) is 4.73. The van der Waals surface area contributed by atoms with Crippen LogP contribution in [-0.2, 0) is 9.16 Å². The first kappa shape index (κ1) is 17.1. The summed E-state index contributed by atoms with van der Waals surface area (Å²) in [5, 5.41) is 9.37. The van der Waals surface area contributed by atoms with Crippen LogP contribution in [0.25, 0.3) is 0 Å². The monoisotopic (exact) mass is 288 g/mol. The maximum absolute atomic E-state index is 9.15. The Morgan fingerprint density at radius 1 is 1.21 bits per heavy atom. The highest BCUT2D eigenvalue weighted by molar-refractivity contribution is 6.74. The Morgan fingerprint density at radius 3 is 2.05 bits per heavy atom. The normalized spacial score (nSPS) is 27.5. The van der Waals surface area contributed by atoms with Crippen LogP contribution in [0.15, 0.2) is 0 Å². The largest absolute Gasteiger partial charge is 0.413 e. The molecule has 0 amide bonds. The smallest absolute Gasteiger partial charge is 0.192 e. The predicted octanol–water partition coefficient (Wildman–Crippen LogP) is 3.43. The molecule has 0 aromatic carbocycles. The van der Waals surface area contributed by atoms with Crippen LogP contribution in [0.1, 0.15) is 41.5 Å². The maximum Gasteiger partial charge on any atom is 0.192 e. The molecular weight excluding hydrogens is 256 g/mol. The molecule has 0 unspecified atom stereocenters. The molecule has 0 aromatic rings. The van der Waals surface area contributed by atoms with E-state index in [-0.39, 0.29) is 30.0 Å². The summed E-state index contributed by atoms with van der Waals surface area (Å²) < 4.78 is 12.1. The zero-order valence-electron chi connectivity index (χ0n) is 13.9. The molecule has 1 saturated heterocycles. The topological polar surface area (TPSA) is 42.0 Å². The Hall–Kier alpha value is 0.0969. The quantitative estimate of drug-likeness (QED) is 0.601. The van der Waals surface area contributed by atoms with Gasteiger partial charge in [0, 0.05) is 5.92 Å². The van der Waals surface area contributed by atoms with Crippen LogP contribution in [0.4, 0.5) is 0 Å². The maximum atomic E-state index is 9.15. The highest BCUT2D eigenvalue weighted by Crippen LogP contribution is 2.41. The fraction of sp³-hybridized carbons (Fsp3) is 1.00. The second kappa shape index (κ2) is 5.84. The third kappa shape index (κ3) is 4.03. The van der Waals surface area contributed by atoms with Crippen molar-refractivity contribution in [2.45, 2.75) is 78.0 Å². The number of ether oxygens (including phenoxy) is 1. The zero-order valence-corrected chi connectivity index (χ0v) is 14.9. The molecule has 0 aromatic heterocycles. The van der Waals surface area contributed by atoms with Gasteiger partial charge in [0.2, 0.25) is 0 Å². The molecule has 0 saturated carbocycles. The number of rotatable bonds is 6. The lowest BCUT2D eigenvalue weighted by molar-refractivity contribution is 0.0682. The predicted molar refractivity (Wildman–Crippen MR) is 81.8 cm³/mol. The van der Waals surface area contributed by atoms with E-state index < -0.39 is 8.32 Å². The summed E-state index contributed by atoms with van der Waals surface area (Å²) in [5.74, 6) is 0.805. The minimum Gasteiger partial charge on any atom is -0.413 e. The average Bonchev–Trinajstić information content (AvgIpc) is 3.02. The van der Waals surface area contributed by atoms with Crippen molar-refractivity contribution in [3.8, 4) is 0 Å². The van der Waals surface area contributed by atoms with E-state index in [0.29, 0.717) is 11.8 Å². The average molecular weight is 289 g/mol. The summed E-state index contributed by atoms with van der Waals surface area (Å²) in [6.07, 6.45) is 0.406. The summed E-state index contributed by atoms with van der Waals surface area (Å²) in [4.78, 5) is 0. The van der Waals surface area contributed by atoms with E-state index in [4.69, 9.17) is 14.3 Å². The molecule has 0 bridgehead atoms. The Morgan fingerprint density at radius 2 is 1.74 bits per heavy atom. The fourth-order valence-electron chi connectivity index (χ4n) is 2.32. The minimum atomic E-state index is -1.76. The number of hydrogen-bond acceptors (Lipinski definition) is 3. The zero-order chi connectivity index (χ0) is 15.0. The molecule has 114 valence electrons. The van der Waals surface area contributed by atoms with Crippen LogP contribution in [0.2, 0.25) is 18.1 Å². The lowest BCUT2D eigenvalue weighted by Crippen LogP contribution is -2.48. The van der Waals surface area contributed by atoms with Gasteiger partial charge in [-0.1, -0.05) is 41.5 Å². The SMILES string of the molecule is CC(C)[C@@H](O[Si](C)(C)C(C)(C)C)[C@H](C)[C@@H]1O[C@H]1CO. The summed E-state index contributed by atoms with van der Waals surface area (Å²) in [5.41, 5.74) is 0. The molecule has 1 rings (SSSR count). The van der Waals surface area contributed by atoms with Gasteiger partial charge in [-0.05, 0) is 24.1 Å². The van der Waals surface area contributed by atoms with Gasteiger partial charge in [-0.25, -0.2) is 0 Å². The molecule has 1 fully saturated rings. The molecule has 3 nitrogen and oxygen atoms in total. The van der Waals surface area contributed by atoms with Crippen molar-refractivity contribution in [1.82, 2.24) is 0 Å². The van der Waals surface area contributed by atoms with Crippen molar-refractivity contribution in [2.75, 3.05) is 6.61 Å². The van der Waals surface area contributed by atoms with Crippen LogP contribution >= 0.6 is 0 Å². The number of hydrogen-bond donors (Lipinski definition) is 1. The molecule has 1 aliphatic heterocycles.